The van der Waals surface area contributed by atoms with Gasteiger partial charge in [-0.05, 0) is 26.2 Å². The van der Waals surface area contributed by atoms with Crippen LogP contribution < -0.4 is 5.32 Å². The van der Waals surface area contributed by atoms with E-state index in [0.29, 0.717) is 32.2 Å². The molecule has 0 aromatic heterocycles. The van der Waals surface area contributed by atoms with Gasteiger partial charge in [-0.2, -0.15) is 0 Å². The van der Waals surface area contributed by atoms with Crippen molar-refractivity contribution in [3.8, 4) is 0 Å². The van der Waals surface area contributed by atoms with Crippen molar-refractivity contribution in [2.75, 3.05) is 20.3 Å². The number of methoxy groups -OCH3 is 1. The van der Waals surface area contributed by atoms with Crippen LogP contribution in [0.15, 0.2) is 0 Å². The minimum absolute atomic E-state index is 0.0201. The average Bonchev–Trinajstić information content (AvgIpc) is 2.45. The molecule has 0 radical (unpaired) electrons. The van der Waals surface area contributed by atoms with Gasteiger partial charge in [0.1, 0.15) is 12.4 Å². The van der Waals surface area contributed by atoms with Gasteiger partial charge >= 0.3 is 0 Å². The second-order valence-electron chi connectivity index (χ2n) is 5.75. The number of unbranched alkanes of at least 4 members (excludes halogenated alkanes) is 5. The Morgan fingerprint density at radius 1 is 0.818 bits per heavy atom. The molecule has 5 heteroatoms. The third-order valence-electron chi connectivity index (χ3n) is 3.44. The molecule has 0 fully saturated rings. The first kappa shape index (κ1) is 20.8. The van der Waals surface area contributed by atoms with Crippen LogP contribution in [-0.2, 0) is 19.1 Å². The number of ether oxygens (including phenoxy) is 1. The van der Waals surface area contributed by atoms with Crippen LogP contribution in [-0.4, -0.2) is 37.7 Å². The number of carbonyl (C=O) groups excluding carboxylic acids is 3. The molecule has 5 nitrogen and oxygen atoms in total. The lowest BCUT2D eigenvalue weighted by Gasteiger charge is -2.05. The Morgan fingerprint density at radius 2 is 1.45 bits per heavy atom. The van der Waals surface area contributed by atoms with Crippen molar-refractivity contribution < 1.29 is 19.1 Å². The summed E-state index contributed by atoms with van der Waals surface area (Å²) in [7, 11) is 1.49. The van der Waals surface area contributed by atoms with E-state index < -0.39 is 0 Å². The number of amides is 1. The molecule has 0 heterocycles. The summed E-state index contributed by atoms with van der Waals surface area (Å²) in [5, 5.41) is 2.88. The Kier molecular flexibility index (Phi) is 13.9. The number of Topliss-reactive ketones (excluding diaryl/α,β-unsaturated/α-hetero) is 2. The fourth-order valence-electron chi connectivity index (χ4n) is 2.20. The Hall–Kier alpha value is -1.23. The lowest BCUT2D eigenvalue weighted by atomic mass is 10.1. The van der Waals surface area contributed by atoms with E-state index in [2.05, 4.69) is 5.32 Å². The molecule has 0 rings (SSSR count). The van der Waals surface area contributed by atoms with E-state index in [9.17, 15) is 14.4 Å². The minimum atomic E-state index is 0.0201. The van der Waals surface area contributed by atoms with E-state index in [0.717, 1.165) is 38.5 Å². The van der Waals surface area contributed by atoms with Gasteiger partial charge < -0.3 is 14.8 Å². The Bertz CT molecular complexity index is 329. The van der Waals surface area contributed by atoms with Gasteiger partial charge in [0.15, 0.2) is 5.78 Å². The van der Waals surface area contributed by atoms with Crippen LogP contribution in [0.3, 0.4) is 0 Å². The van der Waals surface area contributed by atoms with Crippen molar-refractivity contribution in [1.29, 1.82) is 0 Å². The van der Waals surface area contributed by atoms with Gasteiger partial charge in [-0.1, -0.05) is 25.7 Å². The van der Waals surface area contributed by atoms with Crippen LogP contribution in [0.25, 0.3) is 0 Å². The molecule has 0 saturated carbocycles. The van der Waals surface area contributed by atoms with E-state index in [-0.39, 0.29) is 24.1 Å². The Morgan fingerprint density at radius 3 is 2.09 bits per heavy atom. The summed E-state index contributed by atoms with van der Waals surface area (Å²) in [6, 6.07) is 0. The fourth-order valence-corrected chi connectivity index (χ4v) is 2.20. The van der Waals surface area contributed by atoms with Crippen molar-refractivity contribution >= 4 is 17.5 Å². The zero-order chi connectivity index (χ0) is 16.6. The van der Waals surface area contributed by atoms with Crippen molar-refractivity contribution in [2.24, 2.45) is 0 Å². The number of ketones is 2. The lowest BCUT2D eigenvalue weighted by molar-refractivity contribution is -0.123. The SMILES string of the molecule is COCC(=O)CCCC(=O)NCCCCCCCCC(C)=O. The quantitative estimate of drug-likeness (QED) is 0.472. The second kappa shape index (κ2) is 14.7. The van der Waals surface area contributed by atoms with Gasteiger partial charge in [-0.25, -0.2) is 0 Å². The first-order valence-corrected chi connectivity index (χ1v) is 8.33. The number of hydrogen-bond donors (Lipinski definition) is 1. The molecule has 0 bridgehead atoms. The van der Waals surface area contributed by atoms with E-state index >= 15 is 0 Å². The highest BCUT2D eigenvalue weighted by atomic mass is 16.5. The highest BCUT2D eigenvalue weighted by Crippen LogP contribution is 2.07. The summed E-state index contributed by atoms with van der Waals surface area (Å²) in [6.07, 6.45) is 8.60. The Balaban J connectivity index is 3.28. The predicted octanol–water partition coefficient (Wildman–Crippen LogP) is 2.81. The molecular weight excluding hydrogens is 282 g/mol. The van der Waals surface area contributed by atoms with Gasteiger partial charge in [-0.3, -0.25) is 9.59 Å². The van der Waals surface area contributed by atoms with Gasteiger partial charge in [0, 0.05) is 32.9 Å². The van der Waals surface area contributed by atoms with E-state index in [1.807, 2.05) is 0 Å². The molecule has 0 aromatic rings. The second-order valence-corrected chi connectivity index (χ2v) is 5.75. The smallest absolute Gasteiger partial charge is 0.220 e. The van der Waals surface area contributed by atoms with Gasteiger partial charge in [0.05, 0.1) is 0 Å². The molecule has 0 spiro atoms. The van der Waals surface area contributed by atoms with Gasteiger partial charge in [0.25, 0.3) is 0 Å². The number of rotatable bonds is 15. The van der Waals surface area contributed by atoms with E-state index in [1.165, 1.54) is 7.11 Å². The number of carbonyl (C=O) groups is 3. The van der Waals surface area contributed by atoms with Crippen LogP contribution in [0.4, 0.5) is 0 Å². The van der Waals surface area contributed by atoms with Crippen LogP contribution in [0.1, 0.15) is 71.1 Å². The fraction of sp³-hybridized carbons (Fsp3) is 0.824. The molecule has 1 amide bonds. The maximum Gasteiger partial charge on any atom is 0.220 e. The molecule has 0 atom stereocenters. The third-order valence-corrected chi connectivity index (χ3v) is 3.44. The molecule has 22 heavy (non-hydrogen) atoms. The summed E-state index contributed by atoms with van der Waals surface area (Å²) in [6.45, 7) is 2.47. The summed E-state index contributed by atoms with van der Waals surface area (Å²) in [4.78, 5) is 33.5. The molecule has 0 aliphatic heterocycles. The minimum Gasteiger partial charge on any atom is -0.377 e. The van der Waals surface area contributed by atoms with Crippen molar-refractivity contribution in [1.82, 2.24) is 5.32 Å². The van der Waals surface area contributed by atoms with Crippen LogP contribution in [0.2, 0.25) is 0 Å². The summed E-state index contributed by atoms with van der Waals surface area (Å²) in [5.74, 6) is 0.332. The molecular formula is C17H31NO4. The highest BCUT2D eigenvalue weighted by molar-refractivity contribution is 5.81. The molecule has 0 aliphatic rings. The maximum absolute atomic E-state index is 11.5. The molecule has 0 aliphatic carbocycles. The highest BCUT2D eigenvalue weighted by Gasteiger charge is 2.04. The first-order valence-electron chi connectivity index (χ1n) is 8.33. The average molecular weight is 313 g/mol. The number of hydrogen-bond acceptors (Lipinski definition) is 4. The lowest BCUT2D eigenvalue weighted by Crippen LogP contribution is -2.24. The zero-order valence-electron chi connectivity index (χ0n) is 14.1. The maximum atomic E-state index is 11.5. The molecule has 0 aromatic carbocycles. The standard InChI is InChI=1S/C17H31NO4/c1-15(19)10-7-5-3-4-6-8-13-18-17(21)12-9-11-16(20)14-22-2/h3-14H2,1-2H3,(H,18,21). The molecule has 0 unspecified atom stereocenters. The summed E-state index contributed by atoms with van der Waals surface area (Å²) in [5.41, 5.74) is 0. The van der Waals surface area contributed by atoms with E-state index in [4.69, 9.17) is 4.74 Å². The van der Waals surface area contributed by atoms with Crippen molar-refractivity contribution in [2.45, 2.75) is 71.1 Å². The predicted molar refractivity (Wildman–Crippen MR) is 86.7 cm³/mol. The van der Waals surface area contributed by atoms with Crippen molar-refractivity contribution in [3.05, 3.63) is 0 Å². The van der Waals surface area contributed by atoms with E-state index in [1.54, 1.807) is 6.92 Å². The van der Waals surface area contributed by atoms with Crippen LogP contribution >= 0.6 is 0 Å². The number of nitrogens with one attached hydrogen (secondary N) is 1. The van der Waals surface area contributed by atoms with Crippen LogP contribution in [0, 0.1) is 0 Å². The molecule has 128 valence electrons. The van der Waals surface area contributed by atoms with Crippen molar-refractivity contribution in [3.63, 3.8) is 0 Å². The summed E-state index contributed by atoms with van der Waals surface area (Å²) < 4.78 is 4.73. The topological polar surface area (TPSA) is 72.5 Å². The Labute approximate surface area is 134 Å². The third kappa shape index (κ3) is 15.2. The van der Waals surface area contributed by atoms with Gasteiger partial charge in [-0.15, -0.1) is 0 Å². The normalized spacial score (nSPS) is 10.5. The molecule has 0 saturated heterocycles. The molecule has 1 N–H and O–H groups in total. The largest absolute Gasteiger partial charge is 0.377 e. The first-order chi connectivity index (χ1) is 10.6. The zero-order valence-corrected chi connectivity index (χ0v) is 14.1. The monoisotopic (exact) mass is 313 g/mol. The van der Waals surface area contributed by atoms with Crippen LogP contribution in [0.5, 0.6) is 0 Å². The summed E-state index contributed by atoms with van der Waals surface area (Å²) >= 11 is 0. The van der Waals surface area contributed by atoms with Gasteiger partial charge in [0.2, 0.25) is 5.91 Å².